The van der Waals surface area contributed by atoms with E-state index in [2.05, 4.69) is 5.75 Å². The molecule has 0 aromatic heterocycles. The predicted octanol–water partition coefficient (Wildman–Crippen LogP) is 1.78. The summed E-state index contributed by atoms with van der Waals surface area (Å²) in [6.07, 6.45) is 1.45. The number of likely N-dealkylation sites (N-methyl/N-ethyl adjacent to an activating group) is 1. The molecule has 0 radical (unpaired) electrons. The molecule has 1 rings (SSSR count). The van der Waals surface area contributed by atoms with Crippen LogP contribution in [0.15, 0.2) is 35.9 Å². The molecule has 0 aliphatic carbocycles. The van der Waals surface area contributed by atoms with Gasteiger partial charge in [0.2, 0.25) is 0 Å². The standard InChI is InChI=1S/C6H5NO3.C5H11NO2P.C5H6O3/c8-6-3-1-5(2-4-6)7(9)10;1-6(2,3-4-7)5-9-8;1-4(2-3-6)5(7)8/h1-4,8H;7H,3-4H2,1-2H3;2-3H,1H3,(H,7,8)/q;+1;. The number of quaternary nitrogens is 1. The van der Waals surface area contributed by atoms with E-state index >= 15 is 0 Å². The molecule has 27 heavy (non-hydrogen) atoms. The molecule has 0 saturated heterocycles. The Balaban J connectivity index is 0. The first kappa shape index (κ1) is 26.5. The summed E-state index contributed by atoms with van der Waals surface area (Å²) in [6, 6.07) is 5.04. The quantitative estimate of drug-likeness (QED) is 0.168. The SMILES string of the molecule is CC(=CC=O)C(=O)O.C[N+](C)(C#P=O)CCO.O=[N+]([O-])c1ccc(O)cc1. The molecule has 0 aliphatic rings. The van der Waals surface area contributed by atoms with Crippen LogP contribution in [0.3, 0.4) is 0 Å². The fourth-order valence-electron chi connectivity index (χ4n) is 1.16. The number of nitro benzene ring substituents is 1. The maximum atomic E-state index is 10.0. The molecule has 0 atom stereocenters. The number of allylic oxidation sites excluding steroid dienone is 1. The molecule has 148 valence electrons. The largest absolute Gasteiger partial charge is 0.508 e. The number of nitrogens with zero attached hydrogens (tertiary/aromatic N) is 2. The van der Waals surface area contributed by atoms with Crippen LogP contribution in [0.2, 0.25) is 0 Å². The maximum Gasteiger partial charge on any atom is 0.269 e. The van der Waals surface area contributed by atoms with Crippen molar-refractivity contribution in [3.05, 3.63) is 46.0 Å². The van der Waals surface area contributed by atoms with E-state index in [0.29, 0.717) is 17.3 Å². The molecule has 1 aromatic rings. The van der Waals surface area contributed by atoms with E-state index in [-0.39, 0.29) is 31.5 Å². The number of carbonyl (C=O) groups is 2. The molecule has 0 bridgehead atoms. The van der Waals surface area contributed by atoms with Gasteiger partial charge in [-0.2, -0.15) is 0 Å². The molecule has 1 aromatic carbocycles. The predicted molar refractivity (Wildman–Crippen MR) is 97.8 cm³/mol. The van der Waals surface area contributed by atoms with Crippen molar-refractivity contribution in [1.82, 2.24) is 0 Å². The van der Waals surface area contributed by atoms with Crippen LogP contribution in [0.25, 0.3) is 0 Å². The number of rotatable bonds is 5. The molecular weight excluding hydrogens is 379 g/mol. The normalized spacial score (nSPS) is 10.1. The van der Waals surface area contributed by atoms with E-state index in [4.69, 9.17) is 15.3 Å². The second-order valence-electron chi connectivity index (χ2n) is 5.39. The average molecular weight is 401 g/mol. The summed E-state index contributed by atoms with van der Waals surface area (Å²) in [5.74, 6) is 1.59. The van der Waals surface area contributed by atoms with Crippen LogP contribution in [0.4, 0.5) is 5.69 Å². The van der Waals surface area contributed by atoms with Gasteiger partial charge in [-0.1, -0.05) is 0 Å². The van der Waals surface area contributed by atoms with Crippen LogP contribution >= 0.6 is 7.92 Å². The first-order chi connectivity index (χ1) is 12.5. The first-order valence-corrected chi connectivity index (χ1v) is 8.14. The molecule has 0 aliphatic heterocycles. The Morgan fingerprint density at radius 3 is 2.15 bits per heavy atom. The van der Waals surface area contributed by atoms with Crippen molar-refractivity contribution in [3.63, 3.8) is 0 Å². The Morgan fingerprint density at radius 2 is 1.85 bits per heavy atom. The number of aldehydes is 1. The third-order valence-corrected chi connectivity index (χ3v) is 3.31. The molecule has 0 fully saturated rings. The Hall–Kier alpha value is -2.77. The number of carbonyl (C=O) groups excluding carboxylic acids is 1. The van der Waals surface area contributed by atoms with E-state index in [1.165, 1.54) is 31.2 Å². The second kappa shape index (κ2) is 14.4. The summed E-state index contributed by atoms with van der Waals surface area (Å²) >= 11 is 0. The van der Waals surface area contributed by atoms with Crippen molar-refractivity contribution in [2.24, 2.45) is 0 Å². The van der Waals surface area contributed by atoms with Crippen LogP contribution in [0.1, 0.15) is 6.92 Å². The van der Waals surface area contributed by atoms with E-state index in [9.17, 15) is 24.3 Å². The minimum absolute atomic E-state index is 0.0159. The number of aliphatic hydroxyl groups is 1. The number of carboxylic acids is 1. The van der Waals surface area contributed by atoms with Gasteiger partial charge in [-0.25, -0.2) is 4.79 Å². The molecule has 0 saturated carbocycles. The number of phenolic OH excluding ortho intramolecular Hbond substituents is 1. The number of nitro groups is 1. The Kier molecular flexibility index (Phi) is 14.1. The van der Waals surface area contributed by atoms with Crippen molar-refractivity contribution in [2.45, 2.75) is 6.92 Å². The van der Waals surface area contributed by atoms with Crippen molar-refractivity contribution in [2.75, 3.05) is 27.2 Å². The minimum atomic E-state index is -1.06. The van der Waals surface area contributed by atoms with E-state index < -0.39 is 10.9 Å². The monoisotopic (exact) mass is 401 g/mol. The third kappa shape index (κ3) is 15.2. The van der Waals surface area contributed by atoms with Gasteiger partial charge in [-0.15, -0.1) is 0 Å². The molecule has 0 heterocycles. The van der Waals surface area contributed by atoms with E-state index in [0.717, 1.165) is 6.08 Å². The number of aliphatic hydroxyl groups excluding tert-OH is 1. The third-order valence-electron chi connectivity index (χ3n) is 2.69. The number of non-ortho nitro benzene ring substituents is 1. The summed E-state index contributed by atoms with van der Waals surface area (Å²) in [7, 11) is 3.54. The van der Waals surface area contributed by atoms with Crippen LogP contribution < -0.4 is 0 Å². The van der Waals surface area contributed by atoms with Gasteiger partial charge < -0.3 is 10.2 Å². The van der Waals surface area contributed by atoms with Gasteiger partial charge in [0.1, 0.15) is 12.0 Å². The molecular formula is C16H22N2O8P+. The van der Waals surface area contributed by atoms with Gasteiger partial charge in [-0.05, 0) is 25.1 Å². The van der Waals surface area contributed by atoms with Gasteiger partial charge in [0.05, 0.1) is 4.92 Å². The van der Waals surface area contributed by atoms with Gasteiger partial charge >= 0.3 is 61.0 Å². The molecule has 3 N–H and O–H groups in total. The number of hydrogen-bond donors (Lipinski definition) is 3. The number of aliphatic carboxylic acids is 1. The Bertz CT molecular complexity index is 754. The van der Waals surface area contributed by atoms with Crippen molar-refractivity contribution in [3.8, 4) is 11.5 Å². The zero-order valence-corrected chi connectivity index (χ0v) is 16.0. The zero-order valence-electron chi connectivity index (χ0n) is 15.1. The fourth-order valence-corrected chi connectivity index (χ4v) is 1.48. The van der Waals surface area contributed by atoms with Crippen LogP contribution in [0, 0.1) is 15.9 Å². The summed E-state index contributed by atoms with van der Waals surface area (Å²) < 4.78 is 10.3. The first-order valence-electron chi connectivity index (χ1n) is 7.33. The molecule has 11 heteroatoms. The van der Waals surface area contributed by atoms with E-state index in [1.54, 1.807) is 0 Å². The van der Waals surface area contributed by atoms with Crippen molar-refractivity contribution >= 4 is 25.9 Å². The molecule has 0 amide bonds. The Morgan fingerprint density at radius 1 is 1.33 bits per heavy atom. The molecule has 0 unspecified atom stereocenters. The van der Waals surface area contributed by atoms with E-state index in [1.807, 2.05) is 14.1 Å². The van der Waals surface area contributed by atoms with Crippen LogP contribution in [-0.4, -0.2) is 64.2 Å². The smallest absolute Gasteiger partial charge is 0.269 e. The van der Waals surface area contributed by atoms with Gasteiger partial charge in [0, 0.05) is 17.7 Å². The average Bonchev–Trinajstić information content (AvgIpc) is 2.56. The van der Waals surface area contributed by atoms with Gasteiger partial charge in [0.25, 0.3) is 5.69 Å². The second-order valence-corrected chi connectivity index (χ2v) is 5.77. The summed E-state index contributed by atoms with van der Waals surface area (Å²) in [5, 5.41) is 35.3. The number of carboxylic acid groups (broad SMARTS) is 1. The fraction of sp³-hybridized carbons (Fsp3) is 0.312. The minimum Gasteiger partial charge on any atom is -0.508 e. The van der Waals surface area contributed by atoms with Crippen molar-refractivity contribution < 1.29 is 38.9 Å². The number of benzene rings is 1. The van der Waals surface area contributed by atoms with Crippen LogP contribution in [0.5, 0.6) is 5.75 Å². The number of aromatic hydroxyl groups is 1. The number of phenols is 1. The summed E-state index contributed by atoms with van der Waals surface area (Å²) in [4.78, 5) is 29.0. The van der Waals surface area contributed by atoms with Crippen molar-refractivity contribution in [1.29, 1.82) is 0 Å². The van der Waals surface area contributed by atoms with Crippen LogP contribution in [-0.2, 0) is 14.2 Å². The summed E-state index contributed by atoms with van der Waals surface area (Å²) in [5.41, 5.74) is 0.0396. The molecule has 0 spiro atoms. The maximum absolute atomic E-state index is 10.0. The Labute approximate surface area is 157 Å². The molecule has 10 nitrogen and oxygen atoms in total. The summed E-state index contributed by atoms with van der Waals surface area (Å²) in [6.45, 7) is 2.00. The topological polar surface area (TPSA) is 155 Å². The number of hydrogen-bond acceptors (Lipinski definition) is 7. The zero-order chi connectivity index (χ0) is 21.5. The van der Waals surface area contributed by atoms with Gasteiger partial charge in [0.15, 0.2) is 0 Å². The van der Waals surface area contributed by atoms with Gasteiger partial charge in [-0.3, -0.25) is 14.9 Å².